The summed E-state index contributed by atoms with van der Waals surface area (Å²) in [4.78, 5) is 19.7. The average Bonchev–Trinajstić information content (AvgIpc) is 2.40. The lowest BCUT2D eigenvalue weighted by Gasteiger charge is -2.07. The van der Waals surface area contributed by atoms with Gasteiger partial charge in [0.1, 0.15) is 5.82 Å². The van der Waals surface area contributed by atoms with Crippen LogP contribution in [-0.2, 0) is 6.42 Å². The van der Waals surface area contributed by atoms with E-state index < -0.39 is 11.7 Å². The van der Waals surface area contributed by atoms with E-state index in [1.165, 1.54) is 18.3 Å². The second-order valence-electron chi connectivity index (χ2n) is 3.94. The molecule has 98 valence electrons. The molecule has 0 aliphatic rings. The number of nitrogens with one attached hydrogen (secondary N) is 1. The topological polar surface area (TPSA) is 80.9 Å². The van der Waals surface area contributed by atoms with Gasteiger partial charge in [0.2, 0.25) is 0 Å². The van der Waals surface area contributed by atoms with Crippen LogP contribution < -0.4 is 11.1 Å². The molecule has 0 fully saturated rings. The molecule has 19 heavy (non-hydrogen) atoms. The summed E-state index contributed by atoms with van der Waals surface area (Å²) < 4.78 is 13.4. The number of nitrogens with two attached hydrogens (primary N) is 1. The van der Waals surface area contributed by atoms with Crippen molar-refractivity contribution >= 4 is 17.4 Å². The van der Waals surface area contributed by atoms with Gasteiger partial charge in [-0.1, -0.05) is 6.92 Å². The number of carbonyl (C=O) groups is 1. The van der Waals surface area contributed by atoms with Gasteiger partial charge in [0.25, 0.3) is 5.91 Å². The first-order valence-corrected chi connectivity index (χ1v) is 5.77. The zero-order valence-electron chi connectivity index (χ0n) is 10.4. The largest absolute Gasteiger partial charge is 0.384 e. The van der Waals surface area contributed by atoms with Gasteiger partial charge in [0.05, 0.1) is 11.9 Å². The van der Waals surface area contributed by atoms with Crippen molar-refractivity contribution in [3.63, 3.8) is 0 Å². The van der Waals surface area contributed by atoms with Gasteiger partial charge in [-0.15, -0.1) is 0 Å². The number of hydrogen-bond donors (Lipinski definition) is 2. The number of nitrogens with zero attached hydrogens (tertiary/aromatic N) is 2. The van der Waals surface area contributed by atoms with Gasteiger partial charge in [0.15, 0.2) is 5.82 Å². The number of amides is 1. The Morgan fingerprint density at radius 1 is 1.47 bits per heavy atom. The van der Waals surface area contributed by atoms with Gasteiger partial charge in [-0.05, 0) is 24.6 Å². The van der Waals surface area contributed by atoms with Crippen LogP contribution in [0, 0.1) is 5.82 Å². The standard InChI is InChI=1S/C13H13FN4O/c1-2-9-5-8(6-12(15)17-9)13(19)18-11-3-4-16-7-10(11)14/h3-7H,2H2,1H3,(H2,15,17)(H,16,18,19). The van der Waals surface area contributed by atoms with Crippen LogP contribution >= 0.6 is 0 Å². The van der Waals surface area contributed by atoms with Gasteiger partial charge >= 0.3 is 0 Å². The zero-order valence-corrected chi connectivity index (χ0v) is 10.4. The fourth-order valence-corrected chi connectivity index (χ4v) is 1.59. The Hall–Kier alpha value is -2.50. The summed E-state index contributed by atoms with van der Waals surface area (Å²) >= 11 is 0. The highest BCUT2D eigenvalue weighted by molar-refractivity contribution is 6.04. The van der Waals surface area contributed by atoms with Crippen molar-refractivity contribution in [1.82, 2.24) is 9.97 Å². The summed E-state index contributed by atoms with van der Waals surface area (Å²) in [5.41, 5.74) is 6.75. The van der Waals surface area contributed by atoms with Crippen LogP contribution in [0.15, 0.2) is 30.6 Å². The second kappa shape index (κ2) is 5.43. The number of rotatable bonds is 3. The molecule has 0 unspecified atom stereocenters. The van der Waals surface area contributed by atoms with Crippen molar-refractivity contribution < 1.29 is 9.18 Å². The Labute approximate surface area is 109 Å². The van der Waals surface area contributed by atoms with E-state index in [2.05, 4.69) is 15.3 Å². The summed E-state index contributed by atoms with van der Waals surface area (Å²) in [7, 11) is 0. The molecule has 0 atom stereocenters. The maximum Gasteiger partial charge on any atom is 0.255 e. The van der Waals surface area contributed by atoms with Gasteiger partial charge in [-0.2, -0.15) is 0 Å². The van der Waals surface area contributed by atoms with Crippen molar-refractivity contribution in [2.45, 2.75) is 13.3 Å². The van der Waals surface area contributed by atoms with Crippen LogP contribution in [0.1, 0.15) is 23.0 Å². The van der Waals surface area contributed by atoms with Crippen molar-refractivity contribution in [2.24, 2.45) is 0 Å². The number of aromatic nitrogens is 2. The molecule has 0 saturated carbocycles. The Balaban J connectivity index is 2.25. The van der Waals surface area contributed by atoms with E-state index in [1.807, 2.05) is 6.92 Å². The van der Waals surface area contributed by atoms with Crippen molar-refractivity contribution in [3.8, 4) is 0 Å². The molecule has 0 saturated heterocycles. The van der Waals surface area contributed by atoms with E-state index in [-0.39, 0.29) is 11.5 Å². The molecule has 2 heterocycles. The molecule has 1 amide bonds. The van der Waals surface area contributed by atoms with Gasteiger partial charge in [0, 0.05) is 17.5 Å². The number of halogens is 1. The fourth-order valence-electron chi connectivity index (χ4n) is 1.59. The fraction of sp³-hybridized carbons (Fsp3) is 0.154. The normalized spacial score (nSPS) is 10.2. The third-order valence-corrected chi connectivity index (χ3v) is 2.54. The van der Waals surface area contributed by atoms with E-state index in [0.29, 0.717) is 17.7 Å². The van der Waals surface area contributed by atoms with Crippen LogP contribution in [0.2, 0.25) is 0 Å². The lowest BCUT2D eigenvalue weighted by atomic mass is 10.2. The quantitative estimate of drug-likeness (QED) is 0.884. The second-order valence-corrected chi connectivity index (χ2v) is 3.94. The average molecular weight is 260 g/mol. The van der Waals surface area contributed by atoms with Gasteiger partial charge in [-0.25, -0.2) is 9.37 Å². The van der Waals surface area contributed by atoms with E-state index >= 15 is 0 Å². The Kier molecular flexibility index (Phi) is 3.70. The van der Waals surface area contributed by atoms with E-state index in [1.54, 1.807) is 6.07 Å². The molecule has 0 radical (unpaired) electrons. The molecule has 0 aromatic carbocycles. The molecule has 0 aliphatic carbocycles. The summed E-state index contributed by atoms with van der Waals surface area (Å²) in [6.07, 6.45) is 3.10. The van der Waals surface area contributed by atoms with Gasteiger partial charge < -0.3 is 11.1 Å². The van der Waals surface area contributed by atoms with Crippen LogP contribution in [0.5, 0.6) is 0 Å². The number of nitrogen functional groups attached to an aromatic ring is 1. The molecule has 0 spiro atoms. The maximum atomic E-state index is 13.4. The molecule has 0 bridgehead atoms. The zero-order chi connectivity index (χ0) is 13.8. The molecule has 6 heteroatoms. The summed E-state index contributed by atoms with van der Waals surface area (Å²) in [5, 5.41) is 2.47. The number of pyridine rings is 2. The highest BCUT2D eigenvalue weighted by Gasteiger charge is 2.11. The minimum atomic E-state index is -0.589. The van der Waals surface area contributed by atoms with Crippen LogP contribution in [0.3, 0.4) is 0 Å². The smallest absolute Gasteiger partial charge is 0.255 e. The lowest BCUT2D eigenvalue weighted by Crippen LogP contribution is -2.14. The van der Waals surface area contributed by atoms with Crippen LogP contribution in [-0.4, -0.2) is 15.9 Å². The number of anilines is 2. The summed E-state index contributed by atoms with van der Waals surface area (Å²) in [6, 6.07) is 4.47. The first kappa shape index (κ1) is 12.9. The lowest BCUT2D eigenvalue weighted by molar-refractivity contribution is 0.102. The summed E-state index contributed by atoms with van der Waals surface area (Å²) in [5.74, 6) is -0.762. The number of hydrogen-bond acceptors (Lipinski definition) is 4. The molecule has 3 N–H and O–H groups in total. The number of aryl methyl sites for hydroxylation is 1. The molecule has 0 aliphatic heterocycles. The monoisotopic (exact) mass is 260 g/mol. The Morgan fingerprint density at radius 3 is 2.95 bits per heavy atom. The third kappa shape index (κ3) is 3.04. The first-order chi connectivity index (χ1) is 9.10. The predicted octanol–water partition coefficient (Wildman–Crippen LogP) is 2.01. The summed E-state index contributed by atoms with van der Waals surface area (Å²) in [6.45, 7) is 1.91. The molecular weight excluding hydrogens is 247 g/mol. The predicted molar refractivity (Wildman–Crippen MR) is 70.2 cm³/mol. The molecular formula is C13H13FN4O. The SMILES string of the molecule is CCc1cc(C(=O)Nc2ccncc2F)cc(N)n1. The third-order valence-electron chi connectivity index (χ3n) is 2.54. The van der Waals surface area contributed by atoms with Crippen molar-refractivity contribution in [1.29, 1.82) is 0 Å². The number of carbonyl (C=O) groups excluding carboxylic acids is 1. The van der Waals surface area contributed by atoms with Crippen molar-refractivity contribution in [2.75, 3.05) is 11.1 Å². The first-order valence-electron chi connectivity index (χ1n) is 5.77. The molecule has 2 aromatic rings. The van der Waals surface area contributed by atoms with Crippen molar-refractivity contribution in [3.05, 3.63) is 47.7 Å². The highest BCUT2D eigenvalue weighted by atomic mass is 19.1. The highest BCUT2D eigenvalue weighted by Crippen LogP contribution is 2.14. The maximum absolute atomic E-state index is 13.4. The van der Waals surface area contributed by atoms with E-state index in [9.17, 15) is 9.18 Å². The van der Waals surface area contributed by atoms with Gasteiger partial charge in [-0.3, -0.25) is 9.78 Å². The van der Waals surface area contributed by atoms with E-state index in [0.717, 1.165) is 6.20 Å². The van der Waals surface area contributed by atoms with Crippen LogP contribution in [0.25, 0.3) is 0 Å². The minimum Gasteiger partial charge on any atom is -0.384 e. The molecule has 2 aromatic heterocycles. The molecule has 5 nitrogen and oxygen atoms in total. The van der Waals surface area contributed by atoms with E-state index in [4.69, 9.17) is 5.73 Å². The Morgan fingerprint density at radius 2 is 2.26 bits per heavy atom. The Bertz CT molecular complexity index is 615. The molecule has 2 rings (SSSR count). The minimum absolute atomic E-state index is 0.0773. The van der Waals surface area contributed by atoms with Crippen LogP contribution in [0.4, 0.5) is 15.9 Å².